The monoisotopic (exact) mass is 335 g/mol. The summed E-state index contributed by atoms with van der Waals surface area (Å²) in [4.78, 5) is 0. The van der Waals surface area contributed by atoms with Crippen molar-refractivity contribution < 1.29 is 4.39 Å². The molecule has 0 aliphatic rings. The van der Waals surface area contributed by atoms with Gasteiger partial charge in [-0.05, 0) is 55.6 Å². The SMILES string of the molecule is CNC(Cc1ccccc1F)c1cc(C)c(Br)c(C)c1. The first-order chi connectivity index (χ1) is 9.52. The predicted molar refractivity (Wildman–Crippen MR) is 85.5 cm³/mol. The van der Waals surface area contributed by atoms with Gasteiger partial charge in [0, 0.05) is 10.5 Å². The van der Waals surface area contributed by atoms with E-state index >= 15 is 0 Å². The van der Waals surface area contributed by atoms with E-state index in [1.54, 1.807) is 6.07 Å². The molecule has 0 heterocycles. The lowest BCUT2D eigenvalue weighted by Gasteiger charge is -2.19. The lowest BCUT2D eigenvalue weighted by atomic mass is 9.96. The molecule has 1 N–H and O–H groups in total. The Morgan fingerprint density at radius 1 is 1.15 bits per heavy atom. The van der Waals surface area contributed by atoms with Gasteiger partial charge in [-0.3, -0.25) is 0 Å². The molecule has 0 saturated carbocycles. The highest BCUT2D eigenvalue weighted by molar-refractivity contribution is 9.10. The minimum Gasteiger partial charge on any atom is -0.313 e. The van der Waals surface area contributed by atoms with Crippen LogP contribution in [-0.4, -0.2) is 7.05 Å². The normalized spacial score (nSPS) is 12.4. The van der Waals surface area contributed by atoms with E-state index in [0.717, 1.165) is 10.0 Å². The van der Waals surface area contributed by atoms with Crippen molar-refractivity contribution in [2.24, 2.45) is 0 Å². The first kappa shape index (κ1) is 15.2. The lowest BCUT2D eigenvalue weighted by Crippen LogP contribution is -2.19. The van der Waals surface area contributed by atoms with Crippen molar-refractivity contribution in [1.29, 1.82) is 0 Å². The van der Waals surface area contributed by atoms with Crippen molar-refractivity contribution in [2.75, 3.05) is 7.05 Å². The third-order valence-electron chi connectivity index (χ3n) is 3.59. The van der Waals surface area contributed by atoms with Crippen LogP contribution in [0.25, 0.3) is 0 Å². The fourth-order valence-corrected chi connectivity index (χ4v) is 2.68. The standard InChI is InChI=1S/C17H19BrFN/c1-11-8-14(9-12(2)17(11)18)16(20-3)10-13-6-4-5-7-15(13)19/h4-9,16,20H,10H2,1-3H3. The van der Waals surface area contributed by atoms with Crippen LogP contribution in [0.5, 0.6) is 0 Å². The molecule has 0 bridgehead atoms. The van der Waals surface area contributed by atoms with Crippen LogP contribution < -0.4 is 5.32 Å². The quantitative estimate of drug-likeness (QED) is 0.853. The number of likely N-dealkylation sites (N-methyl/N-ethyl adjacent to an activating group) is 1. The summed E-state index contributed by atoms with van der Waals surface area (Å²) in [7, 11) is 1.91. The molecule has 0 aromatic heterocycles. The Balaban J connectivity index is 2.31. The average molecular weight is 336 g/mol. The molecule has 0 fully saturated rings. The summed E-state index contributed by atoms with van der Waals surface area (Å²) in [6.45, 7) is 4.16. The van der Waals surface area contributed by atoms with Gasteiger partial charge in [-0.25, -0.2) is 4.39 Å². The largest absolute Gasteiger partial charge is 0.313 e. The molecular weight excluding hydrogens is 317 g/mol. The molecule has 1 atom stereocenters. The maximum atomic E-state index is 13.8. The third kappa shape index (κ3) is 3.28. The summed E-state index contributed by atoms with van der Waals surface area (Å²) < 4.78 is 14.9. The van der Waals surface area contributed by atoms with Crippen molar-refractivity contribution in [3.8, 4) is 0 Å². The Bertz CT molecular complexity index is 587. The Morgan fingerprint density at radius 3 is 2.30 bits per heavy atom. The summed E-state index contributed by atoms with van der Waals surface area (Å²) in [5, 5.41) is 3.29. The molecule has 2 rings (SSSR count). The Labute approximate surface area is 128 Å². The number of nitrogens with one attached hydrogen (secondary N) is 1. The van der Waals surface area contributed by atoms with E-state index in [0.29, 0.717) is 6.42 Å². The second-order valence-electron chi connectivity index (χ2n) is 5.11. The molecule has 0 aliphatic heterocycles. The van der Waals surface area contributed by atoms with Gasteiger partial charge in [-0.15, -0.1) is 0 Å². The molecule has 106 valence electrons. The fraction of sp³-hybridized carbons (Fsp3) is 0.294. The maximum Gasteiger partial charge on any atom is 0.126 e. The van der Waals surface area contributed by atoms with Crippen molar-refractivity contribution in [3.63, 3.8) is 0 Å². The summed E-state index contributed by atoms with van der Waals surface area (Å²) in [6, 6.07) is 11.4. The highest BCUT2D eigenvalue weighted by Gasteiger charge is 2.14. The van der Waals surface area contributed by atoms with Crippen LogP contribution in [-0.2, 0) is 6.42 Å². The average Bonchev–Trinajstić information content (AvgIpc) is 2.43. The van der Waals surface area contributed by atoms with Gasteiger partial charge in [-0.1, -0.05) is 46.3 Å². The number of hydrogen-bond donors (Lipinski definition) is 1. The van der Waals surface area contributed by atoms with Crippen molar-refractivity contribution in [1.82, 2.24) is 5.32 Å². The topological polar surface area (TPSA) is 12.0 Å². The van der Waals surface area contributed by atoms with Crippen molar-refractivity contribution in [2.45, 2.75) is 26.3 Å². The van der Waals surface area contributed by atoms with Crippen LogP contribution in [0.3, 0.4) is 0 Å². The van der Waals surface area contributed by atoms with Crippen LogP contribution in [0.15, 0.2) is 40.9 Å². The fourth-order valence-electron chi connectivity index (χ4n) is 2.45. The second kappa shape index (κ2) is 6.51. The van der Waals surface area contributed by atoms with Crippen molar-refractivity contribution >= 4 is 15.9 Å². The van der Waals surface area contributed by atoms with E-state index in [1.165, 1.54) is 22.8 Å². The van der Waals surface area contributed by atoms with Gasteiger partial charge in [0.15, 0.2) is 0 Å². The highest BCUT2D eigenvalue weighted by Crippen LogP contribution is 2.27. The molecular formula is C17H19BrFN. The van der Waals surface area contributed by atoms with Gasteiger partial charge in [0.05, 0.1) is 0 Å². The summed E-state index contributed by atoms with van der Waals surface area (Å²) in [5.74, 6) is -0.140. The molecule has 0 saturated heterocycles. The van der Waals surface area contributed by atoms with Gasteiger partial charge in [0.1, 0.15) is 5.82 Å². The smallest absolute Gasteiger partial charge is 0.126 e. The lowest BCUT2D eigenvalue weighted by molar-refractivity contribution is 0.554. The van der Waals surface area contributed by atoms with E-state index in [1.807, 2.05) is 19.2 Å². The second-order valence-corrected chi connectivity index (χ2v) is 5.90. The Morgan fingerprint density at radius 2 is 1.75 bits per heavy atom. The molecule has 3 heteroatoms. The van der Waals surface area contributed by atoms with Crippen molar-refractivity contribution in [3.05, 3.63) is 68.9 Å². The first-order valence-corrected chi connectivity index (χ1v) is 7.49. The third-order valence-corrected chi connectivity index (χ3v) is 4.84. The van der Waals surface area contributed by atoms with Gasteiger partial charge in [0.25, 0.3) is 0 Å². The number of benzene rings is 2. The van der Waals surface area contributed by atoms with Gasteiger partial charge in [0.2, 0.25) is 0 Å². The molecule has 2 aromatic carbocycles. The summed E-state index contributed by atoms with van der Waals surface area (Å²) in [6.07, 6.45) is 0.643. The zero-order chi connectivity index (χ0) is 14.7. The highest BCUT2D eigenvalue weighted by atomic mass is 79.9. The van der Waals surface area contributed by atoms with Gasteiger partial charge < -0.3 is 5.32 Å². The number of rotatable bonds is 4. The van der Waals surface area contributed by atoms with Crippen LogP contribution >= 0.6 is 15.9 Å². The Kier molecular flexibility index (Phi) is 4.95. The predicted octanol–water partition coefficient (Wildman–Crippen LogP) is 4.71. The molecule has 20 heavy (non-hydrogen) atoms. The van der Waals surface area contributed by atoms with Gasteiger partial charge >= 0.3 is 0 Å². The molecule has 1 unspecified atom stereocenters. The summed E-state index contributed by atoms with van der Waals surface area (Å²) in [5.41, 5.74) is 4.33. The van der Waals surface area contributed by atoms with Gasteiger partial charge in [-0.2, -0.15) is 0 Å². The molecule has 2 aromatic rings. The minimum atomic E-state index is -0.140. The van der Waals surface area contributed by atoms with E-state index in [9.17, 15) is 4.39 Å². The van der Waals surface area contributed by atoms with Crippen LogP contribution in [0.1, 0.15) is 28.3 Å². The van der Waals surface area contributed by atoms with E-state index in [4.69, 9.17) is 0 Å². The number of aryl methyl sites for hydroxylation is 2. The maximum absolute atomic E-state index is 13.8. The number of hydrogen-bond acceptors (Lipinski definition) is 1. The number of halogens is 2. The molecule has 0 radical (unpaired) electrons. The van der Waals surface area contributed by atoms with E-state index in [2.05, 4.69) is 47.2 Å². The molecule has 0 aliphatic carbocycles. The zero-order valence-electron chi connectivity index (χ0n) is 12.0. The minimum absolute atomic E-state index is 0.109. The van der Waals surface area contributed by atoms with Crippen LogP contribution in [0.2, 0.25) is 0 Å². The molecule has 1 nitrogen and oxygen atoms in total. The van der Waals surface area contributed by atoms with Crippen LogP contribution in [0, 0.1) is 19.7 Å². The first-order valence-electron chi connectivity index (χ1n) is 6.70. The van der Waals surface area contributed by atoms with Crippen LogP contribution in [0.4, 0.5) is 4.39 Å². The zero-order valence-corrected chi connectivity index (χ0v) is 13.6. The molecule has 0 spiro atoms. The van der Waals surface area contributed by atoms with E-state index in [-0.39, 0.29) is 11.9 Å². The Hall–Kier alpha value is -1.19. The summed E-state index contributed by atoms with van der Waals surface area (Å²) >= 11 is 3.58. The molecule has 0 amide bonds. The van der Waals surface area contributed by atoms with E-state index < -0.39 is 0 Å².